The lowest BCUT2D eigenvalue weighted by Crippen LogP contribution is -2.10. The van der Waals surface area contributed by atoms with Crippen LogP contribution in [0.1, 0.15) is 30.9 Å². The lowest BCUT2D eigenvalue weighted by atomic mass is 9.98. The molecule has 7 heteroatoms. The molecule has 0 aliphatic carbocycles. The molecule has 0 saturated heterocycles. The number of aryl methyl sites for hydroxylation is 1. The Kier molecular flexibility index (Phi) is 4.70. The van der Waals surface area contributed by atoms with Gasteiger partial charge in [0.25, 0.3) is 5.69 Å². The molecule has 0 aromatic heterocycles. The van der Waals surface area contributed by atoms with Gasteiger partial charge in [0, 0.05) is 12.1 Å². The molecule has 6 nitrogen and oxygen atoms in total. The van der Waals surface area contributed by atoms with E-state index >= 15 is 0 Å². The Morgan fingerprint density at radius 1 is 1.09 bits per heavy atom. The number of nitro benzene ring substituents is 1. The zero-order valence-corrected chi connectivity index (χ0v) is 13.8. The van der Waals surface area contributed by atoms with Crippen LogP contribution in [0.4, 0.5) is 5.69 Å². The summed E-state index contributed by atoms with van der Waals surface area (Å²) < 4.78 is 29.5. The molecule has 0 unspecified atom stereocenters. The molecule has 122 valence electrons. The molecule has 0 heterocycles. The summed E-state index contributed by atoms with van der Waals surface area (Å²) in [4.78, 5) is 9.88. The predicted molar refractivity (Wildman–Crippen MR) is 86.2 cm³/mol. The maximum absolute atomic E-state index is 12.2. The first-order chi connectivity index (χ1) is 10.7. The fourth-order valence-electron chi connectivity index (χ4n) is 2.26. The van der Waals surface area contributed by atoms with Gasteiger partial charge in [-0.1, -0.05) is 19.9 Å². The van der Waals surface area contributed by atoms with Crippen molar-refractivity contribution in [2.45, 2.75) is 31.6 Å². The van der Waals surface area contributed by atoms with Crippen LogP contribution in [0.5, 0.6) is 5.75 Å². The van der Waals surface area contributed by atoms with E-state index in [1.54, 1.807) is 12.1 Å². The Balaban J connectivity index is 2.27. The molecule has 0 aliphatic heterocycles. The molecule has 0 saturated carbocycles. The summed E-state index contributed by atoms with van der Waals surface area (Å²) in [6, 6.07) is 9.67. The molecule has 0 fully saturated rings. The molecule has 0 aliphatic rings. The second kappa shape index (κ2) is 6.37. The Labute approximate surface area is 135 Å². The lowest BCUT2D eigenvalue weighted by molar-refractivity contribution is -0.384. The van der Waals surface area contributed by atoms with E-state index in [-0.39, 0.29) is 16.3 Å². The van der Waals surface area contributed by atoms with Crippen LogP contribution >= 0.6 is 0 Å². The molecule has 23 heavy (non-hydrogen) atoms. The van der Waals surface area contributed by atoms with Crippen LogP contribution in [0.25, 0.3) is 0 Å². The number of hydrogen-bond acceptors (Lipinski definition) is 5. The summed E-state index contributed by atoms with van der Waals surface area (Å²) in [7, 11) is -4.03. The first-order valence-corrected chi connectivity index (χ1v) is 8.41. The SMILES string of the molecule is Cc1cc(OS(=O)(=O)c2ccc([N+](=O)[O-])cc2)ccc1C(C)C. The third-order valence-electron chi connectivity index (χ3n) is 3.41. The molecular weight excluding hydrogens is 318 g/mol. The first-order valence-electron chi connectivity index (χ1n) is 7.00. The van der Waals surface area contributed by atoms with E-state index in [2.05, 4.69) is 13.8 Å². The molecule has 2 rings (SSSR count). The van der Waals surface area contributed by atoms with Crippen molar-refractivity contribution in [1.29, 1.82) is 0 Å². The van der Waals surface area contributed by atoms with Crippen molar-refractivity contribution in [2.24, 2.45) is 0 Å². The third kappa shape index (κ3) is 3.87. The van der Waals surface area contributed by atoms with Crippen molar-refractivity contribution in [3.05, 3.63) is 63.7 Å². The number of hydrogen-bond donors (Lipinski definition) is 0. The van der Waals surface area contributed by atoms with Crippen LogP contribution < -0.4 is 4.18 Å². The quantitative estimate of drug-likeness (QED) is 0.471. The van der Waals surface area contributed by atoms with Gasteiger partial charge in [0.2, 0.25) is 0 Å². The third-order valence-corrected chi connectivity index (χ3v) is 4.67. The zero-order chi connectivity index (χ0) is 17.2. The second-order valence-corrected chi connectivity index (χ2v) is 7.01. The van der Waals surface area contributed by atoms with Crippen LogP contribution in [-0.2, 0) is 10.1 Å². The molecular formula is C16H17NO5S. The Hall–Kier alpha value is -2.41. The summed E-state index contributed by atoms with van der Waals surface area (Å²) in [6.45, 7) is 5.99. The van der Waals surface area contributed by atoms with Gasteiger partial charge >= 0.3 is 10.1 Å². The van der Waals surface area contributed by atoms with Crippen molar-refractivity contribution < 1.29 is 17.5 Å². The minimum Gasteiger partial charge on any atom is -0.379 e. The van der Waals surface area contributed by atoms with Gasteiger partial charge in [0.1, 0.15) is 10.6 Å². The van der Waals surface area contributed by atoms with Crippen LogP contribution in [0.2, 0.25) is 0 Å². The molecule has 0 N–H and O–H groups in total. The summed E-state index contributed by atoms with van der Waals surface area (Å²) >= 11 is 0. The van der Waals surface area contributed by atoms with E-state index in [1.165, 1.54) is 0 Å². The monoisotopic (exact) mass is 335 g/mol. The van der Waals surface area contributed by atoms with Crippen LogP contribution in [0, 0.1) is 17.0 Å². The van der Waals surface area contributed by atoms with Crippen LogP contribution in [0.3, 0.4) is 0 Å². The molecule has 0 bridgehead atoms. The van der Waals surface area contributed by atoms with E-state index in [0.29, 0.717) is 5.92 Å². The number of benzene rings is 2. The molecule has 0 radical (unpaired) electrons. The highest BCUT2D eigenvalue weighted by molar-refractivity contribution is 7.87. The van der Waals surface area contributed by atoms with Gasteiger partial charge in [-0.25, -0.2) is 0 Å². The Morgan fingerprint density at radius 3 is 2.17 bits per heavy atom. The van der Waals surface area contributed by atoms with Crippen molar-refractivity contribution in [3.8, 4) is 5.75 Å². The minimum atomic E-state index is -4.03. The largest absolute Gasteiger partial charge is 0.379 e. The van der Waals surface area contributed by atoms with E-state index in [1.807, 2.05) is 13.0 Å². The number of nitro groups is 1. The Morgan fingerprint density at radius 2 is 1.70 bits per heavy atom. The van der Waals surface area contributed by atoms with Gasteiger partial charge in [-0.05, 0) is 48.2 Å². The summed E-state index contributed by atoms with van der Waals surface area (Å²) in [5.41, 5.74) is 1.88. The highest BCUT2D eigenvalue weighted by atomic mass is 32.2. The van der Waals surface area contributed by atoms with E-state index in [9.17, 15) is 18.5 Å². The van der Waals surface area contributed by atoms with Crippen molar-refractivity contribution in [1.82, 2.24) is 0 Å². The fourth-order valence-corrected chi connectivity index (χ4v) is 3.18. The standard InChI is InChI=1S/C16H17NO5S/c1-11(2)16-9-6-14(10-12(16)3)22-23(20,21)15-7-4-13(5-8-15)17(18)19/h4-11H,1-3H3. The number of non-ortho nitro benzene ring substituents is 1. The normalized spacial score (nSPS) is 11.5. The second-order valence-electron chi connectivity index (χ2n) is 5.46. The van der Waals surface area contributed by atoms with Gasteiger partial charge in [-0.3, -0.25) is 10.1 Å². The predicted octanol–water partition coefficient (Wildman–Crippen LogP) is 3.79. The molecule has 0 atom stereocenters. The van der Waals surface area contributed by atoms with Crippen molar-refractivity contribution >= 4 is 15.8 Å². The fraction of sp³-hybridized carbons (Fsp3) is 0.250. The Bertz CT molecular complexity index is 826. The topological polar surface area (TPSA) is 86.5 Å². The highest BCUT2D eigenvalue weighted by Gasteiger charge is 2.18. The van der Waals surface area contributed by atoms with Gasteiger partial charge in [0.15, 0.2) is 0 Å². The zero-order valence-electron chi connectivity index (χ0n) is 13.0. The smallest absolute Gasteiger partial charge is 0.339 e. The van der Waals surface area contributed by atoms with Crippen molar-refractivity contribution in [2.75, 3.05) is 0 Å². The van der Waals surface area contributed by atoms with Gasteiger partial charge < -0.3 is 4.18 Å². The van der Waals surface area contributed by atoms with E-state index in [4.69, 9.17) is 4.18 Å². The number of rotatable bonds is 5. The average molecular weight is 335 g/mol. The lowest BCUT2D eigenvalue weighted by Gasteiger charge is -2.12. The summed E-state index contributed by atoms with van der Waals surface area (Å²) in [6.07, 6.45) is 0. The molecule has 0 amide bonds. The van der Waals surface area contributed by atoms with E-state index in [0.717, 1.165) is 35.4 Å². The van der Waals surface area contributed by atoms with Gasteiger partial charge in [-0.2, -0.15) is 8.42 Å². The van der Waals surface area contributed by atoms with E-state index < -0.39 is 15.0 Å². The minimum absolute atomic E-state index is 0.131. The van der Waals surface area contributed by atoms with Gasteiger partial charge in [0.05, 0.1) is 4.92 Å². The number of nitrogens with zero attached hydrogens (tertiary/aromatic N) is 1. The first kappa shape index (κ1) is 17.0. The van der Waals surface area contributed by atoms with Gasteiger partial charge in [-0.15, -0.1) is 0 Å². The highest BCUT2D eigenvalue weighted by Crippen LogP contribution is 2.26. The average Bonchev–Trinajstić information content (AvgIpc) is 2.46. The van der Waals surface area contributed by atoms with Crippen LogP contribution in [0.15, 0.2) is 47.4 Å². The maximum Gasteiger partial charge on any atom is 0.339 e. The molecule has 0 spiro atoms. The molecule has 2 aromatic rings. The van der Waals surface area contributed by atoms with Crippen LogP contribution in [-0.4, -0.2) is 13.3 Å². The summed E-state index contributed by atoms with van der Waals surface area (Å²) in [5.74, 6) is 0.542. The summed E-state index contributed by atoms with van der Waals surface area (Å²) in [5, 5.41) is 10.6. The van der Waals surface area contributed by atoms with Crippen molar-refractivity contribution in [3.63, 3.8) is 0 Å². The molecule has 2 aromatic carbocycles. The maximum atomic E-state index is 12.2.